The van der Waals surface area contributed by atoms with Crippen LogP contribution in [0.15, 0.2) is 28.7 Å². The Morgan fingerprint density at radius 1 is 1.30 bits per heavy atom. The first-order valence-electron chi connectivity index (χ1n) is 7.61. The molecule has 0 bridgehead atoms. The van der Waals surface area contributed by atoms with E-state index in [1.54, 1.807) is 12.1 Å². The molecule has 5 nitrogen and oxygen atoms in total. The van der Waals surface area contributed by atoms with Gasteiger partial charge in [0.05, 0.1) is 0 Å². The highest BCUT2D eigenvalue weighted by atomic mass is 79.9. The van der Waals surface area contributed by atoms with Crippen LogP contribution in [-0.2, 0) is 4.79 Å². The van der Waals surface area contributed by atoms with Crippen molar-refractivity contribution in [1.82, 2.24) is 16.0 Å². The van der Waals surface area contributed by atoms with Crippen LogP contribution in [0, 0.1) is 5.92 Å². The van der Waals surface area contributed by atoms with E-state index in [2.05, 4.69) is 38.8 Å². The van der Waals surface area contributed by atoms with Gasteiger partial charge in [0.2, 0.25) is 5.91 Å². The third-order valence-corrected chi connectivity index (χ3v) is 4.28. The third-order valence-electron chi connectivity index (χ3n) is 3.79. The average Bonchev–Trinajstić information content (AvgIpc) is 2.51. The number of nitrogens with one attached hydrogen (secondary N) is 3. The van der Waals surface area contributed by atoms with Crippen molar-refractivity contribution in [2.24, 2.45) is 5.92 Å². The Morgan fingerprint density at radius 3 is 2.74 bits per heavy atom. The van der Waals surface area contributed by atoms with Crippen molar-refractivity contribution in [1.29, 1.82) is 0 Å². The fourth-order valence-electron chi connectivity index (χ4n) is 2.61. The summed E-state index contributed by atoms with van der Waals surface area (Å²) >= 11 is 3.34. The Bertz CT molecular complexity index is 542. The molecule has 7 heteroatoms. The molecule has 2 amide bonds. The lowest BCUT2D eigenvalue weighted by Gasteiger charge is -2.27. The molecular weight excluding hydrogens is 382 g/mol. The van der Waals surface area contributed by atoms with E-state index >= 15 is 0 Å². The fourth-order valence-corrected chi connectivity index (χ4v) is 3.01. The number of benzene rings is 1. The second kappa shape index (κ2) is 9.90. The molecule has 0 radical (unpaired) electrons. The summed E-state index contributed by atoms with van der Waals surface area (Å²) in [5.41, 5.74) is 0.605. The summed E-state index contributed by atoms with van der Waals surface area (Å²) in [6.07, 6.45) is 1.75. The van der Waals surface area contributed by atoms with Gasteiger partial charge in [0.15, 0.2) is 0 Å². The molecule has 0 aliphatic carbocycles. The van der Waals surface area contributed by atoms with Crippen LogP contribution in [0.4, 0.5) is 0 Å². The predicted octanol–water partition coefficient (Wildman–Crippen LogP) is 2.10. The lowest BCUT2D eigenvalue weighted by atomic mass is 9.92. The zero-order valence-electron chi connectivity index (χ0n) is 13.1. The van der Waals surface area contributed by atoms with Crippen molar-refractivity contribution in [3.8, 4) is 0 Å². The van der Waals surface area contributed by atoms with Gasteiger partial charge < -0.3 is 16.0 Å². The Kier molecular flexibility index (Phi) is 8.58. The normalized spacial score (nSPS) is 20.3. The maximum Gasteiger partial charge on any atom is 0.251 e. The summed E-state index contributed by atoms with van der Waals surface area (Å²) < 4.78 is 0.869. The molecule has 2 rings (SSSR count). The second-order valence-corrected chi connectivity index (χ2v) is 6.55. The van der Waals surface area contributed by atoms with E-state index < -0.39 is 0 Å². The number of amides is 2. The minimum absolute atomic E-state index is 0. The number of piperidine rings is 1. The molecule has 1 aliphatic rings. The van der Waals surface area contributed by atoms with Crippen molar-refractivity contribution >= 4 is 40.2 Å². The van der Waals surface area contributed by atoms with Crippen LogP contribution in [0.2, 0.25) is 0 Å². The maximum absolute atomic E-state index is 12.0. The van der Waals surface area contributed by atoms with Gasteiger partial charge in [0.25, 0.3) is 5.91 Å². The zero-order valence-corrected chi connectivity index (χ0v) is 15.5. The molecule has 3 N–H and O–H groups in total. The lowest BCUT2D eigenvalue weighted by Crippen LogP contribution is -2.44. The summed E-state index contributed by atoms with van der Waals surface area (Å²) in [6.45, 7) is 3.87. The Hall–Kier alpha value is -1.11. The predicted molar refractivity (Wildman–Crippen MR) is 96.9 cm³/mol. The number of hydrogen-bond donors (Lipinski definition) is 3. The van der Waals surface area contributed by atoms with Gasteiger partial charge in [0.1, 0.15) is 0 Å². The molecule has 0 unspecified atom stereocenters. The highest BCUT2D eigenvalue weighted by Crippen LogP contribution is 2.15. The molecule has 1 saturated heterocycles. The van der Waals surface area contributed by atoms with Gasteiger partial charge >= 0.3 is 0 Å². The molecule has 1 aromatic carbocycles. The molecule has 2 atom stereocenters. The first-order chi connectivity index (χ1) is 10.6. The molecule has 1 heterocycles. The van der Waals surface area contributed by atoms with Crippen molar-refractivity contribution in [2.75, 3.05) is 19.6 Å². The van der Waals surface area contributed by atoms with Gasteiger partial charge in [-0.25, -0.2) is 0 Å². The van der Waals surface area contributed by atoms with E-state index in [0.717, 1.165) is 23.9 Å². The minimum atomic E-state index is -0.133. The quantitative estimate of drug-likeness (QED) is 0.658. The van der Waals surface area contributed by atoms with Crippen LogP contribution < -0.4 is 16.0 Å². The first-order valence-corrected chi connectivity index (χ1v) is 8.40. The molecule has 128 valence electrons. The highest BCUT2D eigenvalue weighted by Gasteiger charge is 2.24. The van der Waals surface area contributed by atoms with E-state index in [9.17, 15) is 9.59 Å². The van der Waals surface area contributed by atoms with Crippen molar-refractivity contribution in [3.63, 3.8) is 0 Å². The van der Waals surface area contributed by atoms with Gasteiger partial charge in [-0.1, -0.05) is 22.0 Å². The molecule has 1 fully saturated rings. The summed E-state index contributed by atoms with van der Waals surface area (Å²) in [4.78, 5) is 24.0. The van der Waals surface area contributed by atoms with Crippen molar-refractivity contribution in [3.05, 3.63) is 34.3 Å². The summed E-state index contributed by atoms with van der Waals surface area (Å²) in [7, 11) is 0. The van der Waals surface area contributed by atoms with E-state index in [0.29, 0.717) is 24.7 Å². The van der Waals surface area contributed by atoms with Crippen molar-refractivity contribution in [2.45, 2.75) is 25.8 Å². The van der Waals surface area contributed by atoms with Crippen LogP contribution in [0.3, 0.4) is 0 Å². The summed E-state index contributed by atoms with van der Waals surface area (Å²) in [6, 6.07) is 7.61. The number of halogens is 2. The SMILES string of the molecule is C[C@H]1C[C@@H](C(=O)NCCNC(=O)c2cccc(Br)c2)CCN1.Cl. The minimum Gasteiger partial charge on any atom is -0.354 e. The van der Waals surface area contributed by atoms with Crippen LogP contribution in [-0.4, -0.2) is 37.5 Å². The van der Waals surface area contributed by atoms with E-state index in [-0.39, 0.29) is 30.1 Å². The number of carbonyl (C=O) groups is 2. The van der Waals surface area contributed by atoms with Crippen molar-refractivity contribution < 1.29 is 9.59 Å². The second-order valence-electron chi connectivity index (χ2n) is 5.63. The summed E-state index contributed by atoms with van der Waals surface area (Å²) in [5.74, 6) is 0.0353. The molecule has 0 saturated carbocycles. The smallest absolute Gasteiger partial charge is 0.251 e. The maximum atomic E-state index is 12.0. The Labute approximate surface area is 151 Å². The van der Waals surface area contributed by atoms with Crippen LogP contribution >= 0.6 is 28.3 Å². The van der Waals surface area contributed by atoms with Crippen LogP contribution in [0.1, 0.15) is 30.1 Å². The van der Waals surface area contributed by atoms with Gasteiger partial charge in [0, 0.05) is 35.1 Å². The van der Waals surface area contributed by atoms with E-state index in [1.807, 2.05) is 12.1 Å². The lowest BCUT2D eigenvalue weighted by molar-refractivity contribution is -0.126. The number of rotatable bonds is 5. The zero-order chi connectivity index (χ0) is 15.9. The fraction of sp³-hybridized carbons (Fsp3) is 0.500. The largest absolute Gasteiger partial charge is 0.354 e. The molecular formula is C16H23BrClN3O2. The van der Waals surface area contributed by atoms with Gasteiger partial charge in [-0.3, -0.25) is 9.59 Å². The average molecular weight is 405 g/mol. The number of hydrogen-bond acceptors (Lipinski definition) is 3. The van der Waals surface area contributed by atoms with E-state index in [1.165, 1.54) is 0 Å². The van der Waals surface area contributed by atoms with Gasteiger partial charge in [-0.05, 0) is 44.5 Å². The Morgan fingerprint density at radius 2 is 2.04 bits per heavy atom. The standard InChI is InChI=1S/C16H22BrN3O2.ClH/c1-11-9-13(5-6-18-11)16(22)20-8-7-19-15(21)12-3-2-4-14(17)10-12;/h2-4,10-11,13,18H,5-9H2,1H3,(H,19,21)(H,20,22);1H/t11-,13-;/m0./s1. The van der Waals surface area contributed by atoms with Gasteiger partial charge in [-0.15, -0.1) is 12.4 Å². The molecule has 1 aromatic rings. The van der Waals surface area contributed by atoms with Crippen LogP contribution in [0.25, 0.3) is 0 Å². The van der Waals surface area contributed by atoms with Crippen LogP contribution in [0.5, 0.6) is 0 Å². The highest BCUT2D eigenvalue weighted by molar-refractivity contribution is 9.10. The topological polar surface area (TPSA) is 70.2 Å². The first kappa shape index (κ1) is 19.9. The Balaban J connectivity index is 0.00000264. The molecule has 23 heavy (non-hydrogen) atoms. The van der Waals surface area contributed by atoms with Gasteiger partial charge in [-0.2, -0.15) is 0 Å². The molecule has 0 spiro atoms. The third kappa shape index (κ3) is 6.49. The van der Waals surface area contributed by atoms with E-state index in [4.69, 9.17) is 0 Å². The summed E-state index contributed by atoms with van der Waals surface area (Å²) in [5, 5.41) is 9.04. The molecule has 1 aliphatic heterocycles. The molecule has 0 aromatic heterocycles. The number of carbonyl (C=O) groups excluding carboxylic acids is 2. The monoisotopic (exact) mass is 403 g/mol.